The Kier molecular flexibility index (Phi) is 47.0. The molecule has 0 aromatic rings. The lowest BCUT2D eigenvalue weighted by molar-refractivity contribution is -0.301. The van der Waals surface area contributed by atoms with Crippen molar-refractivity contribution in [3.8, 4) is 0 Å². The van der Waals surface area contributed by atoms with Gasteiger partial charge < -0.3 is 34.3 Å². The topological polar surface area (TPSA) is 178 Å². The first-order valence-electron chi connectivity index (χ1n) is 29.8. The molecule has 1 aliphatic heterocycles. The number of ether oxygens (including phenoxy) is 4. The number of carbonyl (C=O) groups is 1. The van der Waals surface area contributed by atoms with E-state index in [1.165, 1.54) is 231 Å². The van der Waals surface area contributed by atoms with Gasteiger partial charge in [0.25, 0.3) is 0 Å². The summed E-state index contributed by atoms with van der Waals surface area (Å²) >= 11 is 0. The minimum absolute atomic E-state index is 0.0458. The summed E-state index contributed by atoms with van der Waals surface area (Å²) < 4.78 is 59.5. The molecular formula is C57H112O12S. The van der Waals surface area contributed by atoms with Crippen LogP contribution in [0.5, 0.6) is 0 Å². The van der Waals surface area contributed by atoms with Crippen molar-refractivity contribution in [2.45, 2.75) is 333 Å². The first kappa shape index (κ1) is 67.1. The summed E-state index contributed by atoms with van der Waals surface area (Å²) in [7, 11) is -5.06. The van der Waals surface area contributed by atoms with Crippen LogP contribution in [0.15, 0.2) is 0 Å². The molecule has 1 fully saturated rings. The monoisotopic (exact) mass is 1020 g/mol. The van der Waals surface area contributed by atoms with Crippen molar-refractivity contribution in [3.05, 3.63) is 0 Å². The summed E-state index contributed by atoms with van der Waals surface area (Å²) in [6.07, 6.45) is 47.2. The molecule has 1 rings (SSSR count). The normalized spacial score (nSPS) is 19.0. The van der Waals surface area contributed by atoms with Gasteiger partial charge in [-0.3, -0.25) is 9.35 Å². The first-order chi connectivity index (χ1) is 34.1. The van der Waals surface area contributed by atoms with Gasteiger partial charge >= 0.3 is 16.4 Å². The molecule has 0 aliphatic carbocycles. The predicted octanol–water partition coefficient (Wildman–Crippen LogP) is 14.8. The maximum Gasteiger partial charge on any atom is 0.397 e. The second-order valence-electron chi connectivity index (χ2n) is 21.0. The number of hydrogen-bond acceptors (Lipinski definition) is 11. The molecule has 6 unspecified atom stereocenters. The van der Waals surface area contributed by atoms with Crippen molar-refractivity contribution in [3.63, 3.8) is 0 Å². The Morgan fingerprint density at radius 3 is 1.14 bits per heavy atom. The Hall–Kier alpha value is -0.900. The van der Waals surface area contributed by atoms with Gasteiger partial charge in [0.2, 0.25) is 0 Å². The maximum atomic E-state index is 13.0. The Labute approximate surface area is 430 Å². The van der Waals surface area contributed by atoms with Crippen molar-refractivity contribution in [2.75, 3.05) is 26.4 Å². The summed E-state index contributed by atoms with van der Waals surface area (Å²) in [6.45, 7) is 4.08. The Bertz CT molecular complexity index is 1220. The summed E-state index contributed by atoms with van der Waals surface area (Å²) in [5, 5.41) is 30.8. The van der Waals surface area contributed by atoms with Crippen LogP contribution in [0.3, 0.4) is 0 Å². The van der Waals surface area contributed by atoms with Gasteiger partial charge in [0.1, 0.15) is 30.5 Å². The lowest BCUT2D eigenvalue weighted by atomic mass is 9.99. The van der Waals surface area contributed by atoms with Crippen molar-refractivity contribution in [2.24, 2.45) is 0 Å². The second kappa shape index (κ2) is 49.0. The van der Waals surface area contributed by atoms with E-state index in [9.17, 15) is 33.1 Å². The number of carbonyl (C=O) groups excluding carboxylic acids is 1. The second-order valence-corrected chi connectivity index (χ2v) is 22.0. The molecule has 4 N–H and O–H groups in total. The van der Waals surface area contributed by atoms with E-state index in [0.717, 1.165) is 38.5 Å². The van der Waals surface area contributed by atoms with Gasteiger partial charge in [-0.05, 0) is 12.8 Å². The van der Waals surface area contributed by atoms with Crippen molar-refractivity contribution < 1.29 is 56.2 Å². The molecule has 13 heteroatoms. The standard InChI is InChI=1S/C57H112O12S/c1-3-5-7-9-11-13-15-17-19-21-23-25-27-29-31-33-35-37-39-41-43-45-47-65-49-51(50-66-57-55(61)56(69-70(62,63)64)54(60)52(48-58)68-57)67-53(59)46-44-42-40-38-36-34-32-30-28-26-24-22-20-18-16-14-12-10-8-6-4-2/h51-52,54-58,60-61H,3-50H2,1-2H3,(H,62,63,64). The van der Waals surface area contributed by atoms with Crippen LogP contribution in [-0.2, 0) is 38.3 Å². The van der Waals surface area contributed by atoms with Crippen LogP contribution in [0.25, 0.3) is 0 Å². The predicted molar refractivity (Wildman–Crippen MR) is 285 cm³/mol. The Morgan fingerprint density at radius 1 is 0.486 bits per heavy atom. The zero-order valence-corrected chi connectivity index (χ0v) is 46.2. The molecule has 0 aromatic carbocycles. The molecular weight excluding hydrogens is 909 g/mol. The molecule has 1 saturated heterocycles. The first-order valence-corrected chi connectivity index (χ1v) is 31.2. The van der Waals surface area contributed by atoms with Gasteiger partial charge in [-0.2, -0.15) is 8.42 Å². The van der Waals surface area contributed by atoms with Gasteiger partial charge in [0.15, 0.2) is 6.29 Å². The quantitative estimate of drug-likeness (QED) is 0.0258. The largest absolute Gasteiger partial charge is 0.457 e. The SMILES string of the molecule is CCCCCCCCCCCCCCCCCCCCCCCCOCC(COC1OC(CO)C(O)C(OS(=O)(=O)O)C1O)OC(=O)CCCCCCCCCCCCCCCCCCCCCCC. The van der Waals surface area contributed by atoms with Crippen molar-refractivity contribution in [1.82, 2.24) is 0 Å². The summed E-state index contributed by atoms with van der Waals surface area (Å²) in [5.74, 6) is -0.388. The lowest BCUT2D eigenvalue weighted by Crippen LogP contribution is -2.60. The fourth-order valence-corrected chi connectivity index (χ4v) is 10.2. The average molecular weight is 1020 g/mol. The van der Waals surface area contributed by atoms with Crippen LogP contribution < -0.4 is 0 Å². The highest BCUT2D eigenvalue weighted by Crippen LogP contribution is 2.26. The molecule has 418 valence electrons. The van der Waals surface area contributed by atoms with Crippen LogP contribution in [0.1, 0.15) is 296 Å². The van der Waals surface area contributed by atoms with Crippen molar-refractivity contribution in [1.29, 1.82) is 0 Å². The van der Waals surface area contributed by atoms with Crippen LogP contribution in [0, 0.1) is 0 Å². The number of unbranched alkanes of at least 4 members (excludes halogenated alkanes) is 41. The van der Waals surface area contributed by atoms with E-state index in [-0.39, 0.29) is 25.6 Å². The van der Waals surface area contributed by atoms with Crippen LogP contribution in [-0.4, -0.2) is 97.5 Å². The molecule has 12 nitrogen and oxygen atoms in total. The van der Waals surface area contributed by atoms with E-state index in [1.54, 1.807) is 0 Å². The highest BCUT2D eigenvalue weighted by molar-refractivity contribution is 7.80. The third-order valence-corrected chi connectivity index (χ3v) is 14.7. The highest BCUT2D eigenvalue weighted by atomic mass is 32.3. The average Bonchev–Trinajstić information content (AvgIpc) is 3.34. The van der Waals surface area contributed by atoms with E-state index >= 15 is 0 Å². The molecule has 1 aliphatic rings. The van der Waals surface area contributed by atoms with Gasteiger partial charge in [0, 0.05) is 13.0 Å². The van der Waals surface area contributed by atoms with Gasteiger partial charge in [0.05, 0.1) is 19.8 Å². The molecule has 0 spiro atoms. The molecule has 70 heavy (non-hydrogen) atoms. The number of esters is 1. The zero-order chi connectivity index (χ0) is 51.0. The molecule has 0 saturated carbocycles. The molecule has 0 aromatic heterocycles. The molecule has 0 radical (unpaired) electrons. The van der Waals surface area contributed by atoms with Gasteiger partial charge in [-0.1, -0.05) is 277 Å². The minimum atomic E-state index is -5.06. The fraction of sp³-hybridized carbons (Fsp3) is 0.982. The van der Waals surface area contributed by atoms with Crippen LogP contribution >= 0.6 is 0 Å². The number of aliphatic hydroxyl groups is 3. The Morgan fingerprint density at radius 2 is 0.814 bits per heavy atom. The van der Waals surface area contributed by atoms with E-state index in [0.29, 0.717) is 13.0 Å². The number of aliphatic hydroxyl groups excluding tert-OH is 3. The Balaban J connectivity index is 2.26. The van der Waals surface area contributed by atoms with E-state index in [4.69, 9.17) is 18.9 Å². The zero-order valence-electron chi connectivity index (χ0n) is 45.4. The van der Waals surface area contributed by atoms with E-state index in [1.807, 2.05) is 0 Å². The minimum Gasteiger partial charge on any atom is -0.457 e. The van der Waals surface area contributed by atoms with Crippen molar-refractivity contribution >= 4 is 16.4 Å². The maximum absolute atomic E-state index is 13.0. The highest BCUT2D eigenvalue weighted by Gasteiger charge is 2.48. The third kappa shape index (κ3) is 41.5. The summed E-state index contributed by atoms with van der Waals surface area (Å²) in [6, 6.07) is 0. The lowest BCUT2D eigenvalue weighted by Gasteiger charge is -2.41. The molecule has 0 amide bonds. The third-order valence-electron chi connectivity index (χ3n) is 14.2. The smallest absolute Gasteiger partial charge is 0.397 e. The van der Waals surface area contributed by atoms with E-state index in [2.05, 4.69) is 18.0 Å². The van der Waals surface area contributed by atoms with E-state index < -0.39 is 53.8 Å². The fourth-order valence-electron chi connectivity index (χ4n) is 9.74. The van der Waals surface area contributed by atoms with Gasteiger partial charge in [-0.15, -0.1) is 0 Å². The molecule has 1 heterocycles. The number of rotatable bonds is 54. The molecule has 6 atom stereocenters. The molecule has 0 bridgehead atoms. The van der Waals surface area contributed by atoms with Gasteiger partial charge in [-0.25, -0.2) is 4.18 Å². The summed E-state index contributed by atoms with van der Waals surface area (Å²) in [4.78, 5) is 13.0. The number of hydrogen-bond donors (Lipinski definition) is 4. The van der Waals surface area contributed by atoms with Crippen LogP contribution in [0.4, 0.5) is 0 Å². The van der Waals surface area contributed by atoms with Crippen LogP contribution in [0.2, 0.25) is 0 Å². The summed E-state index contributed by atoms with van der Waals surface area (Å²) in [5.41, 5.74) is 0.